The maximum Gasteiger partial charge on any atom is 0.272 e. The number of carbonyl (C=O) groups is 2. The predicted octanol–water partition coefficient (Wildman–Crippen LogP) is 4.41. The van der Waals surface area contributed by atoms with Crippen LogP contribution < -0.4 is 15.4 Å². The highest BCUT2D eigenvalue weighted by Crippen LogP contribution is 2.14. The normalized spacial score (nSPS) is 10.9. The third-order valence-electron chi connectivity index (χ3n) is 4.27. The Morgan fingerprint density at radius 2 is 1.52 bits per heavy atom. The van der Waals surface area contributed by atoms with Gasteiger partial charge in [0.05, 0.1) is 7.11 Å². The quantitative estimate of drug-likeness (QED) is 0.617. The number of anilines is 1. The lowest BCUT2D eigenvalue weighted by Crippen LogP contribution is -2.30. The van der Waals surface area contributed by atoms with Gasteiger partial charge in [0, 0.05) is 11.3 Å². The number of benzene rings is 3. The van der Waals surface area contributed by atoms with Gasteiger partial charge >= 0.3 is 0 Å². The van der Waals surface area contributed by atoms with Crippen molar-refractivity contribution < 1.29 is 14.3 Å². The summed E-state index contributed by atoms with van der Waals surface area (Å²) in [6.07, 6.45) is 1.64. The van der Waals surface area contributed by atoms with Gasteiger partial charge in [-0.15, -0.1) is 0 Å². The van der Waals surface area contributed by atoms with E-state index in [9.17, 15) is 9.59 Å². The van der Waals surface area contributed by atoms with Gasteiger partial charge in [0.1, 0.15) is 11.4 Å². The van der Waals surface area contributed by atoms with Crippen molar-refractivity contribution >= 4 is 23.6 Å². The Labute approximate surface area is 170 Å². The molecule has 0 unspecified atom stereocenters. The van der Waals surface area contributed by atoms with Crippen LogP contribution in [0.1, 0.15) is 21.5 Å². The number of rotatable bonds is 6. The minimum Gasteiger partial charge on any atom is -0.497 e. The zero-order chi connectivity index (χ0) is 20.6. The van der Waals surface area contributed by atoms with Crippen molar-refractivity contribution in [2.75, 3.05) is 12.4 Å². The van der Waals surface area contributed by atoms with Gasteiger partial charge in [0.2, 0.25) is 0 Å². The number of methoxy groups -OCH3 is 1. The summed E-state index contributed by atoms with van der Waals surface area (Å²) in [6, 6.07) is 23.5. The van der Waals surface area contributed by atoms with E-state index in [0.717, 1.165) is 11.1 Å². The molecule has 0 fully saturated rings. The Morgan fingerprint density at radius 1 is 0.862 bits per heavy atom. The van der Waals surface area contributed by atoms with Crippen LogP contribution in [0.15, 0.2) is 84.6 Å². The number of amides is 2. The van der Waals surface area contributed by atoms with Gasteiger partial charge in [0.15, 0.2) is 0 Å². The van der Waals surface area contributed by atoms with Gasteiger partial charge in [0.25, 0.3) is 11.8 Å². The minimum absolute atomic E-state index is 0.151. The zero-order valence-electron chi connectivity index (χ0n) is 16.3. The first-order chi connectivity index (χ1) is 14.0. The fourth-order valence-electron chi connectivity index (χ4n) is 2.65. The first-order valence-electron chi connectivity index (χ1n) is 9.15. The van der Waals surface area contributed by atoms with Crippen molar-refractivity contribution in [3.05, 3.63) is 101 Å². The molecular weight excluding hydrogens is 364 g/mol. The zero-order valence-corrected chi connectivity index (χ0v) is 16.3. The molecule has 0 aliphatic carbocycles. The molecule has 2 amide bonds. The maximum absolute atomic E-state index is 12.9. The van der Waals surface area contributed by atoms with Crippen molar-refractivity contribution in [1.82, 2.24) is 5.32 Å². The minimum atomic E-state index is -0.403. The van der Waals surface area contributed by atoms with E-state index < -0.39 is 5.91 Å². The van der Waals surface area contributed by atoms with Gasteiger partial charge in [-0.2, -0.15) is 0 Å². The Hall–Kier alpha value is -3.86. The third-order valence-corrected chi connectivity index (χ3v) is 4.27. The molecule has 0 spiro atoms. The summed E-state index contributed by atoms with van der Waals surface area (Å²) in [4.78, 5) is 25.5. The lowest BCUT2D eigenvalue weighted by Gasteiger charge is -2.12. The largest absolute Gasteiger partial charge is 0.497 e. The highest BCUT2D eigenvalue weighted by molar-refractivity contribution is 6.10. The average Bonchev–Trinajstić information content (AvgIpc) is 2.75. The van der Waals surface area contributed by atoms with Crippen LogP contribution in [0, 0.1) is 6.92 Å². The van der Waals surface area contributed by atoms with Crippen LogP contribution in [0.4, 0.5) is 5.69 Å². The molecule has 3 rings (SSSR count). The number of hydrogen-bond acceptors (Lipinski definition) is 3. The van der Waals surface area contributed by atoms with E-state index in [1.54, 1.807) is 37.5 Å². The molecule has 0 radical (unpaired) electrons. The summed E-state index contributed by atoms with van der Waals surface area (Å²) in [5.74, 6) is -0.132. The van der Waals surface area contributed by atoms with Gasteiger partial charge in [-0.3, -0.25) is 9.59 Å². The summed E-state index contributed by atoms with van der Waals surface area (Å²) in [5, 5.41) is 5.54. The molecule has 0 saturated carbocycles. The maximum atomic E-state index is 12.9. The first kappa shape index (κ1) is 19.9. The first-order valence-corrected chi connectivity index (χ1v) is 9.15. The molecule has 0 bridgehead atoms. The van der Waals surface area contributed by atoms with Crippen LogP contribution in [-0.2, 0) is 4.79 Å². The number of nitrogens with one attached hydrogen (secondary N) is 2. The molecule has 146 valence electrons. The van der Waals surface area contributed by atoms with Gasteiger partial charge in [-0.25, -0.2) is 0 Å². The summed E-state index contributed by atoms with van der Waals surface area (Å²) in [5.41, 5.74) is 3.12. The van der Waals surface area contributed by atoms with E-state index in [1.165, 1.54) is 0 Å². The SMILES string of the molecule is COc1ccc(C(=O)NC(=Cc2ccccc2)C(=O)Nc2ccc(C)cc2)cc1. The van der Waals surface area contributed by atoms with Crippen LogP contribution in [0.25, 0.3) is 6.08 Å². The molecule has 0 aliphatic rings. The van der Waals surface area contributed by atoms with Crippen molar-refractivity contribution in [1.29, 1.82) is 0 Å². The van der Waals surface area contributed by atoms with Crippen LogP contribution >= 0.6 is 0 Å². The average molecular weight is 386 g/mol. The van der Waals surface area contributed by atoms with E-state index in [-0.39, 0.29) is 11.6 Å². The molecule has 5 nitrogen and oxygen atoms in total. The lowest BCUT2D eigenvalue weighted by atomic mass is 10.1. The standard InChI is InChI=1S/C24H22N2O3/c1-17-8-12-20(13-9-17)25-24(28)22(16-18-6-4-3-5-7-18)26-23(27)19-10-14-21(29-2)15-11-19/h3-16H,1-2H3,(H,25,28)(H,26,27). The van der Waals surface area contributed by atoms with E-state index in [2.05, 4.69) is 10.6 Å². The van der Waals surface area contributed by atoms with Crippen LogP contribution in [0.3, 0.4) is 0 Å². The molecule has 0 saturated heterocycles. The summed E-state index contributed by atoms with van der Waals surface area (Å²) in [6.45, 7) is 1.97. The molecule has 0 atom stereocenters. The number of ether oxygens (including phenoxy) is 1. The molecule has 0 heterocycles. The second kappa shape index (κ2) is 9.37. The van der Waals surface area contributed by atoms with Crippen molar-refractivity contribution in [2.24, 2.45) is 0 Å². The molecule has 0 aromatic heterocycles. The molecule has 3 aromatic carbocycles. The predicted molar refractivity (Wildman–Crippen MR) is 115 cm³/mol. The van der Waals surface area contributed by atoms with Crippen molar-refractivity contribution in [3.8, 4) is 5.75 Å². The van der Waals surface area contributed by atoms with Gasteiger partial charge in [-0.05, 0) is 55.0 Å². The molecular formula is C24H22N2O3. The molecule has 29 heavy (non-hydrogen) atoms. The topological polar surface area (TPSA) is 67.4 Å². The van der Waals surface area contributed by atoms with E-state index in [1.807, 2.05) is 61.5 Å². The van der Waals surface area contributed by atoms with Crippen molar-refractivity contribution in [2.45, 2.75) is 6.92 Å². The van der Waals surface area contributed by atoms with Gasteiger partial charge < -0.3 is 15.4 Å². The third kappa shape index (κ3) is 5.56. The highest BCUT2D eigenvalue weighted by Gasteiger charge is 2.15. The Bertz CT molecular complexity index is 1010. The fraction of sp³-hybridized carbons (Fsp3) is 0.0833. The van der Waals surface area contributed by atoms with Crippen molar-refractivity contribution in [3.63, 3.8) is 0 Å². The number of carbonyl (C=O) groups excluding carboxylic acids is 2. The monoisotopic (exact) mass is 386 g/mol. The number of hydrogen-bond donors (Lipinski definition) is 2. The molecule has 5 heteroatoms. The summed E-state index contributed by atoms with van der Waals surface area (Å²) < 4.78 is 5.11. The smallest absolute Gasteiger partial charge is 0.272 e. The van der Waals surface area contributed by atoms with Crippen LogP contribution in [0.5, 0.6) is 5.75 Å². The summed E-state index contributed by atoms with van der Waals surface area (Å²) in [7, 11) is 1.56. The Kier molecular flexibility index (Phi) is 6.43. The molecule has 3 aromatic rings. The van der Waals surface area contributed by atoms with E-state index >= 15 is 0 Å². The second-order valence-electron chi connectivity index (χ2n) is 6.47. The fourth-order valence-corrected chi connectivity index (χ4v) is 2.65. The van der Waals surface area contributed by atoms with Crippen LogP contribution in [0.2, 0.25) is 0 Å². The number of aryl methyl sites for hydroxylation is 1. The Balaban J connectivity index is 1.84. The summed E-state index contributed by atoms with van der Waals surface area (Å²) >= 11 is 0. The lowest BCUT2D eigenvalue weighted by molar-refractivity contribution is -0.113. The van der Waals surface area contributed by atoms with Crippen LogP contribution in [-0.4, -0.2) is 18.9 Å². The van der Waals surface area contributed by atoms with Gasteiger partial charge in [-0.1, -0.05) is 48.0 Å². The molecule has 0 aliphatic heterocycles. The highest BCUT2D eigenvalue weighted by atomic mass is 16.5. The molecule has 2 N–H and O–H groups in total. The Morgan fingerprint density at radius 3 is 2.14 bits per heavy atom. The van der Waals surface area contributed by atoms with E-state index in [4.69, 9.17) is 4.74 Å². The second-order valence-corrected chi connectivity index (χ2v) is 6.47. The van der Waals surface area contributed by atoms with E-state index in [0.29, 0.717) is 17.0 Å².